The lowest BCUT2D eigenvalue weighted by molar-refractivity contribution is 0.374. The van der Waals surface area contributed by atoms with Crippen molar-refractivity contribution < 1.29 is 0 Å². The zero-order valence-corrected chi connectivity index (χ0v) is 9.92. The van der Waals surface area contributed by atoms with E-state index in [0.717, 1.165) is 11.1 Å². The molecule has 0 aliphatic heterocycles. The largest absolute Gasteiger partial charge is 0.301 e. The number of aliphatic imine (C=N–C) groups is 1. The van der Waals surface area contributed by atoms with E-state index in [-0.39, 0.29) is 0 Å². The van der Waals surface area contributed by atoms with Crippen molar-refractivity contribution in [3.05, 3.63) is 41.9 Å². The number of benzene rings is 1. The van der Waals surface area contributed by atoms with Gasteiger partial charge in [-0.05, 0) is 30.4 Å². The van der Waals surface area contributed by atoms with Crippen molar-refractivity contribution >= 4 is 17.4 Å². The maximum absolute atomic E-state index is 5.80. The monoisotopic (exact) mass is 235 g/mol. The first-order valence-corrected chi connectivity index (χ1v) is 5.24. The van der Waals surface area contributed by atoms with E-state index in [4.69, 9.17) is 11.5 Å². The first-order valence-electron chi connectivity index (χ1n) is 4.83. The molecule has 0 fully saturated rings. The Morgan fingerprint density at radius 1 is 1.56 bits per heavy atom. The van der Waals surface area contributed by atoms with Crippen LogP contribution in [-0.2, 0) is 6.42 Å². The van der Waals surface area contributed by atoms with E-state index in [1.165, 1.54) is 0 Å². The van der Waals surface area contributed by atoms with Gasteiger partial charge in [-0.25, -0.2) is 4.99 Å². The maximum Gasteiger partial charge on any atom is 0.122 e. The molecule has 1 aromatic carbocycles. The van der Waals surface area contributed by atoms with Crippen LogP contribution in [-0.4, -0.2) is 18.0 Å². The number of hydrogen-bond donors (Lipinski definition) is 3. The molecule has 0 spiro atoms. The highest BCUT2D eigenvalue weighted by Crippen LogP contribution is 2.10. The normalized spacial score (nSPS) is 10.9. The predicted molar refractivity (Wildman–Crippen MR) is 68.7 cm³/mol. The quantitative estimate of drug-likeness (QED) is 0.397. The zero-order valence-electron chi connectivity index (χ0n) is 9.10. The van der Waals surface area contributed by atoms with E-state index < -0.39 is 5.79 Å². The van der Waals surface area contributed by atoms with Gasteiger partial charge in [0, 0.05) is 6.42 Å². The van der Waals surface area contributed by atoms with Gasteiger partial charge in [0.1, 0.15) is 12.3 Å². The lowest BCUT2D eigenvalue weighted by Gasteiger charge is -2.23. The van der Waals surface area contributed by atoms with E-state index in [2.05, 4.69) is 27.7 Å². The summed E-state index contributed by atoms with van der Waals surface area (Å²) in [5.74, 6) is -0.897. The molecule has 1 aromatic rings. The SMILES string of the molecule is CNC(N)(N)Cc1cccc([CH]N=C=S)c1. The van der Waals surface area contributed by atoms with Crippen LogP contribution in [0.15, 0.2) is 29.3 Å². The second-order valence-electron chi connectivity index (χ2n) is 3.56. The van der Waals surface area contributed by atoms with Crippen molar-refractivity contribution in [3.63, 3.8) is 0 Å². The molecule has 4 nitrogen and oxygen atoms in total. The summed E-state index contributed by atoms with van der Waals surface area (Å²) in [5, 5.41) is 5.13. The number of isothiocyanates is 1. The summed E-state index contributed by atoms with van der Waals surface area (Å²) in [6.07, 6.45) is 0.534. The minimum Gasteiger partial charge on any atom is -0.301 e. The summed E-state index contributed by atoms with van der Waals surface area (Å²) < 4.78 is 0. The van der Waals surface area contributed by atoms with Crippen molar-refractivity contribution in [2.75, 3.05) is 7.05 Å². The van der Waals surface area contributed by atoms with E-state index in [1.54, 1.807) is 13.6 Å². The smallest absolute Gasteiger partial charge is 0.122 e. The summed E-state index contributed by atoms with van der Waals surface area (Å²) >= 11 is 4.49. The Morgan fingerprint density at radius 2 is 2.31 bits per heavy atom. The molecule has 16 heavy (non-hydrogen) atoms. The summed E-state index contributed by atoms with van der Waals surface area (Å²) in [5.41, 5.74) is 13.6. The molecule has 0 aliphatic carbocycles. The van der Waals surface area contributed by atoms with Gasteiger partial charge in [-0.15, -0.1) is 0 Å². The van der Waals surface area contributed by atoms with Crippen LogP contribution in [0, 0.1) is 6.54 Å². The number of hydrogen-bond acceptors (Lipinski definition) is 5. The molecule has 5 heteroatoms. The van der Waals surface area contributed by atoms with Crippen LogP contribution >= 0.6 is 12.2 Å². The second kappa shape index (κ2) is 5.84. The number of rotatable bonds is 5. The predicted octanol–water partition coefficient (Wildman–Crippen LogP) is 0.632. The molecule has 0 amide bonds. The minimum atomic E-state index is -0.897. The van der Waals surface area contributed by atoms with E-state index in [9.17, 15) is 0 Å². The van der Waals surface area contributed by atoms with Crippen molar-refractivity contribution in [3.8, 4) is 0 Å². The Morgan fingerprint density at radius 3 is 2.94 bits per heavy atom. The van der Waals surface area contributed by atoms with Crippen molar-refractivity contribution in [2.45, 2.75) is 12.2 Å². The number of likely N-dealkylation sites (N-methyl/N-ethyl adjacent to an activating group) is 1. The fraction of sp³-hybridized carbons (Fsp3) is 0.273. The van der Waals surface area contributed by atoms with Crippen LogP contribution in [0.3, 0.4) is 0 Å². The van der Waals surface area contributed by atoms with E-state index >= 15 is 0 Å². The molecular formula is C11H15N4S. The van der Waals surface area contributed by atoms with Gasteiger partial charge >= 0.3 is 0 Å². The molecule has 0 heterocycles. The van der Waals surface area contributed by atoms with Crippen LogP contribution in [0.4, 0.5) is 0 Å². The highest BCUT2D eigenvalue weighted by Gasteiger charge is 2.16. The molecule has 0 saturated heterocycles. The number of thiocarbonyl (C=S) groups is 1. The van der Waals surface area contributed by atoms with Crippen LogP contribution in [0.5, 0.6) is 0 Å². The van der Waals surface area contributed by atoms with Crippen LogP contribution in [0.25, 0.3) is 0 Å². The third-order valence-corrected chi connectivity index (χ3v) is 2.28. The molecule has 0 unspecified atom stereocenters. The maximum atomic E-state index is 5.80. The topological polar surface area (TPSA) is 76.4 Å². The average Bonchev–Trinajstić information content (AvgIpc) is 2.26. The number of nitrogens with one attached hydrogen (secondary N) is 1. The molecule has 85 valence electrons. The Hall–Kier alpha value is -1.10. The second-order valence-corrected chi connectivity index (χ2v) is 3.74. The Kier molecular flexibility index (Phi) is 4.73. The molecule has 0 atom stereocenters. The first kappa shape index (κ1) is 13.0. The molecule has 5 N–H and O–H groups in total. The minimum absolute atomic E-state index is 0.534. The molecule has 0 aliphatic rings. The van der Waals surface area contributed by atoms with E-state index in [0.29, 0.717) is 6.42 Å². The molecule has 0 aromatic heterocycles. The van der Waals surface area contributed by atoms with Gasteiger partial charge in [-0.3, -0.25) is 5.32 Å². The third kappa shape index (κ3) is 4.18. The van der Waals surface area contributed by atoms with Crippen molar-refractivity contribution in [1.82, 2.24) is 5.32 Å². The Bertz CT molecular complexity index is 397. The van der Waals surface area contributed by atoms with Gasteiger partial charge in [0.25, 0.3) is 0 Å². The zero-order chi connectivity index (χ0) is 12.0. The summed E-state index contributed by atoms with van der Waals surface area (Å²) in [6, 6.07) is 7.77. The van der Waals surface area contributed by atoms with Crippen molar-refractivity contribution in [2.24, 2.45) is 16.5 Å². The highest BCUT2D eigenvalue weighted by molar-refractivity contribution is 7.78. The third-order valence-electron chi connectivity index (χ3n) is 2.18. The first-order chi connectivity index (χ1) is 7.57. The Labute approximate surface area is 101 Å². The lowest BCUT2D eigenvalue weighted by atomic mass is 10.0. The number of nitrogens with two attached hydrogens (primary N) is 2. The lowest BCUT2D eigenvalue weighted by Crippen LogP contribution is -2.61. The fourth-order valence-corrected chi connectivity index (χ4v) is 1.36. The van der Waals surface area contributed by atoms with E-state index in [1.807, 2.05) is 24.3 Å². The summed E-state index contributed by atoms with van der Waals surface area (Å²) in [7, 11) is 1.73. The van der Waals surface area contributed by atoms with Gasteiger partial charge in [0.05, 0.1) is 5.16 Å². The van der Waals surface area contributed by atoms with Crippen LogP contribution in [0.1, 0.15) is 11.1 Å². The highest BCUT2D eigenvalue weighted by atomic mass is 32.1. The van der Waals surface area contributed by atoms with Gasteiger partial charge in [0.2, 0.25) is 0 Å². The van der Waals surface area contributed by atoms with Crippen LogP contribution in [0.2, 0.25) is 0 Å². The molecule has 0 bridgehead atoms. The average molecular weight is 235 g/mol. The van der Waals surface area contributed by atoms with Gasteiger partial charge in [-0.1, -0.05) is 24.3 Å². The molecule has 1 rings (SSSR count). The summed E-state index contributed by atoms with van der Waals surface area (Å²) in [6.45, 7) is 1.64. The standard InChI is InChI=1S/C11H15N4S/c1-14-11(12,13)6-9-3-2-4-10(5-9)7-15-8-16/h2-5,7,14H,6,12-13H2,1H3. The molecular weight excluding hydrogens is 220 g/mol. The fourth-order valence-electron chi connectivity index (χ4n) is 1.31. The molecule has 1 radical (unpaired) electrons. The van der Waals surface area contributed by atoms with Crippen molar-refractivity contribution in [1.29, 1.82) is 0 Å². The molecule has 0 saturated carbocycles. The Balaban J connectivity index is 2.78. The van der Waals surface area contributed by atoms with Crippen LogP contribution < -0.4 is 16.8 Å². The van der Waals surface area contributed by atoms with Gasteiger partial charge in [-0.2, -0.15) is 0 Å². The van der Waals surface area contributed by atoms with Gasteiger partial charge in [0.15, 0.2) is 0 Å². The number of nitrogens with zero attached hydrogens (tertiary/aromatic N) is 1. The van der Waals surface area contributed by atoms with Gasteiger partial charge < -0.3 is 11.5 Å². The summed E-state index contributed by atoms with van der Waals surface area (Å²) in [4.78, 5) is 3.76.